The van der Waals surface area contributed by atoms with Crippen LogP contribution in [0.5, 0.6) is 5.75 Å². The van der Waals surface area contributed by atoms with Crippen LogP contribution in [0.4, 0.5) is 8.78 Å². The SMILES string of the molecule is CC(O)c1cc(Cl)ccc1OC(F)F. The van der Waals surface area contributed by atoms with Crippen molar-refractivity contribution in [1.82, 2.24) is 0 Å². The molecule has 0 aliphatic carbocycles. The minimum atomic E-state index is -2.91. The van der Waals surface area contributed by atoms with Gasteiger partial charge >= 0.3 is 6.61 Å². The number of aliphatic hydroxyl groups is 1. The number of rotatable bonds is 3. The fraction of sp³-hybridized carbons (Fsp3) is 0.333. The van der Waals surface area contributed by atoms with Crippen LogP contribution in [-0.4, -0.2) is 11.7 Å². The van der Waals surface area contributed by atoms with Gasteiger partial charge in [0.25, 0.3) is 0 Å². The molecule has 0 spiro atoms. The van der Waals surface area contributed by atoms with E-state index in [0.29, 0.717) is 5.02 Å². The van der Waals surface area contributed by atoms with Gasteiger partial charge in [-0.15, -0.1) is 0 Å². The van der Waals surface area contributed by atoms with E-state index in [1.54, 1.807) is 0 Å². The molecule has 0 amide bonds. The topological polar surface area (TPSA) is 29.5 Å². The second kappa shape index (κ2) is 4.57. The number of hydrogen-bond donors (Lipinski definition) is 1. The van der Waals surface area contributed by atoms with Gasteiger partial charge in [0.2, 0.25) is 0 Å². The molecule has 1 aromatic rings. The van der Waals surface area contributed by atoms with Gasteiger partial charge in [0.15, 0.2) is 0 Å². The monoisotopic (exact) mass is 222 g/mol. The molecule has 0 aliphatic rings. The molecule has 2 nitrogen and oxygen atoms in total. The standard InChI is InChI=1S/C9H9ClF2O2/c1-5(13)7-4-6(10)2-3-8(7)14-9(11)12/h2-5,9,13H,1H3. The summed E-state index contributed by atoms with van der Waals surface area (Å²) >= 11 is 5.64. The van der Waals surface area contributed by atoms with E-state index in [1.165, 1.54) is 25.1 Å². The fourth-order valence-electron chi connectivity index (χ4n) is 1.05. The van der Waals surface area contributed by atoms with Crippen molar-refractivity contribution < 1.29 is 18.6 Å². The molecular formula is C9H9ClF2O2. The van der Waals surface area contributed by atoms with Crippen LogP contribution in [0.3, 0.4) is 0 Å². The molecule has 0 radical (unpaired) electrons. The normalized spacial score (nSPS) is 13.0. The third kappa shape index (κ3) is 2.82. The summed E-state index contributed by atoms with van der Waals surface area (Å²) in [6.45, 7) is -1.46. The average molecular weight is 223 g/mol. The zero-order valence-corrected chi connectivity index (χ0v) is 8.13. The number of halogens is 3. The zero-order chi connectivity index (χ0) is 10.7. The van der Waals surface area contributed by atoms with Crippen molar-refractivity contribution in [1.29, 1.82) is 0 Å². The van der Waals surface area contributed by atoms with E-state index < -0.39 is 12.7 Å². The first kappa shape index (κ1) is 11.2. The highest BCUT2D eigenvalue weighted by Crippen LogP contribution is 2.29. The lowest BCUT2D eigenvalue weighted by Gasteiger charge is -2.12. The minimum absolute atomic E-state index is 0.0561. The smallest absolute Gasteiger partial charge is 0.387 e. The maximum Gasteiger partial charge on any atom is 0.387 e. The van der Waals surface area contributed by atoms with Crippen LogP contribution < -0.4 is 4.74 Å². The molecule has 0 saturated heterocycles. The van der Waals surface area contributed by atoms with E-state index in [9.17, 15) is 13.9 Å². The molecule has 0 fully saturated rings. The Morgan fingerprint density at radius 1 is 1.43 bits per heavy atom. The van der Waals surface area contributed by atoms with Gasteiger partial charge < -0.3 is 9.84 Å². The molecule has 1 rings (SSSR count). The molecule has 1 unspecified atom stereocenters. The van der Waals surface area contributed by atoms with E-state index in [0.717, 1.165) is 0 Å². The van der Waals surface area contributed by atoms with Crippen molar-refractivity contribution in [3.05, 3.63) is 28.8 Å². The molecule has 0 saturated carbocycles. The first-order valence-electron chi connectivity index (χ1n) is 3.93. The first-order chi connectivity index (χ1) is 6.50. The van der Waals surface area contributed by atoms with E-state index in [4.69, 9.17) is 11.6 Å². The summed E-state index contributed by atoms with van der Waals surface area (Å²) in [5.74, 6) is -0.0561. The van der Waals surface area contributed by atoms with Gasteiger partial charge in [0, 0.05) is 10.6 Å². The summed E-state index contributed by atoms with van der Waals surface area (Å²) in [7, 11) is 0. The van der Waals surface area contributed by atoms with Crippen molar-refractivity contribution in [3.8, 4) is 5.75 Å². The molecule has 0 heterocycles. The van der Waals surface area contributed by atoms with Crippen LogP contribution in [0.25, 0.3) is 0 Å². The van der Waals surface area contributed by atoms with Gasteiger partial charge in [-0.3, -0.25) is 0 Å². The highest BCUT2D eigenvalue weighted by Gasteiger charge is 2.13. The van der Waals surface area contributed by atoms with Crippen LogP contribution in [0.15, 0.2) is 18.2 Å². The van der Waals surface area contributed by atoms with Crippen LogP contribution in [0, 0.1) is 0 Å². The predicted molar refractivity (Wildman–Crippen MR) is 48.7 cm³/mol. The molecule has 5 heteroatoms. The number of aliphatic hydroxyl groups excluding tert-OH is 1. The number of alkyl halides is 2. The Kier molecular flexibility index (Phi) is 3.66. The molecule has 0 aliphatic heterocycles. The summed E-state index contributed by atoms with van der Waals surface area (Å²) in [4.78, 5) is 0. The molecule has 1 atom stereocenters. The maximum absolute atomic E-state index is 11.9. The first-order valence-corrected chi connectivity index (χ1v) is 4.31. The average Bonchev–Trinajstić information content (AvgIpc) is 2.07. The van der Waals surface area contributed by atoms with Gasteiger partial charge in [-0.25, -0.2) is 0 Å². The fourth-order valence-corrected chi connectivity index (χ4v) is 1.23. The zero-order valence-electron chi connectivity index (χ0n) is 7.38. The molecule has 1 N–H and O–H groups in total. The Labute approximate surface area is 85.1 Å². The highest BCUT2D eigenvalue weighted by atomic mass is 35.5. The molecule has 1 aromatic carbocycles. The van der Waals surface area contributed by atoms with Crippen LogP contribution in [-0.2, 0) is 0 Å². The Morgan fingerprint density at radius 3 is 2.57 bits per heavy atom. The quantitative estimate of drug-likeness (QED) is 0.852. The summed E-state index contributed by atoms with van der Waals surface area (Å²) in [5.41, 5.74) is 0.248. The lowest BCUT2D eigenvalue weighted by Crippen LogP contribution is -2.05. The number of hydrogen-bond acceptors (Lipinski definition) is 2. The number of benzene rings is 1. The van der Waals surface area contributed by atoms with E-state index in [-0.39, 0.29) is 11.3 Å². The summed E-state index contributed by atoms with van der Waals surface area (Å²) in [6.07, 6.45) is -0.901. The van der Waals surface area contributed by atoms with E-state index in [1.807, 2.05) is 0 Å². The van der Waals surface area contributed by atoms with Crippen LogP contribution in [0.2, 0.25) is 5.02 Å². The summed E-state index contributed by atoms with van der Waals surface area (Å²) in [5, 5.41) is 9.62. The van der Waals surface area contributed by atoms with Crippen molar-refractivity contribution in [2.75, 3.05) is 0 Å². The Hall–Kier alpha value is -0.870. The van der Waals surface area contributed by atoms with Crippen molar-refractivity contribution in [2.24, 2.45) is 0 Å². The Bertz CT molecular complexity index is 316. The van der Waals surface area contributed by atoms with E-state index in [2.05, 4.69) is 4.74 Å². The maximum atomic E-state index is 11.9. The third-order valence-electron chi connectivity index (χ3n) is 1.64. The van der Waals surface area contributed by atoms with Crippen LogP contribution in [0.1, 0.15) is 18.6 Å². The molecule has 0 bridgehead atoms. The second-order valence-electron chi connectivity index (χ2n) is 2.74. The Morgan fingerprint density at radius 2 is 2.07 bits per heavy atom. The minimum Gasteiger partial charge on any atom is -0.434 e. The van der Waals surface area contributed by atoms with Crippen molar-refractivity contribution in [2.45, 2.75) is 19.6 Å². The van der Waals surface area contributed by atoms with Gasteiger partial charge in [-0.1, -0.05) is 11.6 Å². The third-order valence-corrected chi connectivity index (χ3v) is 1.87. The molecular weight excluding hydrogens is 214 g/mol. The van der Waals surface area contributed by atoms with Gasteiger partial charge in [-0.2, -0.15) is 8.78 Å². The second-order valence-corrected chi connectivity index (χ2v) is 3.17. The summed E-state index contributed by atoms with van der Waals surface area (Å²) < 4.78 is 28.1. The van der Waals surface area contributed by atoms with Crippen molar-refractivity contribution in [3.63, 3.8) is 0 Å². The lowest BCUT2D eigenvalue weighted by atomic mass is 10.1. The van der Waals surface area contributed by atoms with Crippen molar-refractivity contribution >= 4 is 11.6 Å². The molecule has 0 aromatic heterocycles. The lowest BCUT2D eigenvalue weighted by molar-refractivity contribution is -0.0514. The predicted octanol–water partition coefficient (Wildman–Crippen LogP) is 2.99. The van der Waals surface area contributed by atoms with Gasteiger partial charge in [-0.05, 0) is 25.1 Å². The molecule has 78 valence electrons. The highest BCUT2D eigenvalue weighted by molar-refractivity contribution is 6.30. The molecule has 14 heavy (non-hydrogen) atoms. The van der Waals surface area contributed by atoms with Gasteiger partial charge in [0.1, 0.15) is 5.75 Å². The van der Waals surface area contributed by atoms with E-state index >= 15 is 0 Å². The summed E-state index contributed by atoms with van der Waals surface area (Å²) in [6, 6.07) is 4.12. The number of ether oxygens (including phenoxy) is 1. The van der Waals surface area contributed by atoms with Crippen LogP contribution >= 0.6 is 11.6 Å². The largest absolute Gasteiger partial charge is 0.434 e. The Balaban J connectivity index is 3.02. The van der Waals surface area contributed by atoms with Gasteiger partial charge in [0.05, 0.1) is 6.10 Å².